The summed E-state index contributed by atoms with van der Waals surface area (Å²) in [5.74, 6) is -1.12. The maximum absolute atomic E-state index is 12.5. The lowest BCUT2D eigenvalue weighted by Crippen LogP contribution is -2.30. The van der Waals surface area contributed by atoms with Crippen molar-refractivity contribution in [2.45, 2.75) is 12.8 Å². The first-order valence-corrected chi connectivity index (χ1v) is 8.84. The van der Waals surface area contributed by atoms with E-state index in [-0.39, 0.29) is 24.2 Å². The van der Waals surface area contributed by atoms with Crippen LogP contribution in [-0.4, -0.2) is 34.8 Å². The molecule has 3 aromatic rings. The lowest BCUT2D eigenvalue weighted by Gasteiger charge is -2.16. The van der Waals surface area contributed by atoms with Crippen LogP contribution in [0.4, 0.5) is 5.69 Å². The van der Waals surface area contributed by atoms with Crippen molar-refractivity contribution in [3.05, 3.63) is 64.6 Å². The van der Waals surface area contributed by atoms with Gasteiger partial charge in [-0.25, -0.2) is 4.79 Å². The lowest BCUT2D eigenvalue weighted by atomic mass is 10.1. The molecule has 1 fully saturated rings. The second-order valence-corrected chi connectivity index (χ2v) is 6.69. The van der Waals surface area contributed by atoms with Gasteiger partial charge in [-0.15, -0.1) is 0 Å². The smallest absolute Gasteiger partial charge is 0.408 e. The molecule has 27 heavy (non-hydrogen) atoms. The minimum Gasteiger partial charge on any atom is -0.408 e. The van der Waals surface area contributed by atoms with Gasteiger partial charge in [0, 0.05) is 25.2 Å². The maximum atomic E-state index is 12.5. The monoisotopic (exact) mass is 365 g/mol. The number of anilines is 1. The number of aromatic amines is 1. The van der Waals surface area contributed by atoms with Crippen LogP contribution in [0.3, 0.4) is 0 Å². The molecule has 1 aromatic heterocycles. The molecule has 2 aromatic carbocycles. The van der Waals surface area contributed by atoms with Crippen molar-refractivity contribution < 1.29 is 14.0 Å². The van der Waals surface area contributed by atoms with Crippen LogP contribution >= 0.6 is 0 Å². The number of nitrogens with one attached hydrogen (secondary N) is 2. The van der Waals surface area contributed by atoms with E-state index in [0.29, 0.717) is 29.9 Å². The number of rotatable bonds is 5. The van der Waals surface area contributed by atoms with Gasteiger partial charge in [0.05, 0.1) is 11.4 Å². The van der Waals surface area contributed by atoms with E-state index < -0.39 is 5.76 Å². The molecule has 138 valence electrons. The largest absolute Gasteiger partial charge is 0.417 e. The number of nitrogens with zero attached hydrogens (tertiary/aromatic N) is 1. The summed E-state index contributed by atoms with van der Waals surface area (Å²) in [6.45, 7) is 1.02. The molecule has 1 unspecified atom stereocenters. The topological polar surface area (TPSA) is 95.4 Å². The molecule has 0 spiro atoms. The second kappa shape index (κ2) is 7.11. The van der Waals surface area contributed by atoms with Crippen LogP contribution < -0.4 is 11.1 Å². The van der Waals surface area contributed by atoms with Gasteiger partial charge in [0.25, 0.3) is 0 Å². The van der Waals surface area contributed by atoms with Crippen molar-refractivity contribution in [1.82, 2.24) is 9.88 Å². The normalized spacial score (nSPS) is 16.8. The molecule has 0 bridgehead atoms. The summed E-state index contributed by atoms with van der Waals surface area (Å²) < 4.78 is 4.94. The van der Waals surface area contributed by atoms with E-state index in [9.17, 15) is 14.4 Å². The van der Waals surface area contributed by atoms with Crippen molar-refractivity contribution >= 4 is 28.6 Å². The highest BCUT2D eigenvalue weighted by Crippen LogP contribution is 2.22. The van der Waals surface area contributed by atoms with Gasteiger partial charge in [-0.1, -0.05) is 30.3 Å². The fraction of sp³-hybridized carbons (Fsp3) is 0.250. The zero-order valence-corrected chi connectivity index (χ0v) is 14.6. The van der Waals surface area contributed by atoms with Crippen LogP contribution in [0.2, 0.25) is 0 Å². The molecular weight excluding hydrogens is 346 g/mol. The Hall–Kier alpha value is -3.35. The Morgan fingerprint density at radius 2 is 2.00 bits per heavy atom. The van der Waals surface area contributed by atoms with E-state index in [1.54, 1.807) is 23.1 Å². The molecule has 2 N–H and O–H groups in total. The molecule has 0 radical (unpaired) electrons. The minimum atomic E-state index is -0.538. The molecule has 1 saturated heterocycles. The predicted molar refractivity (Wildman–Crippen MR) is 100 cm³/mol. The lowest BCUT2D eigenvalue weighted by molar-refractivity contribution is -0.128. The number of carbonyl (C=O) groups excluding carboxylic acids is 2. The number of H-pyrrole nitrogens is 1. The number of carbonyl (C=O) groups is 2. The molecule has 2 heterocycles. The number of hydrogen-bond acceptors (Lipinski definition) is 4. The number of oxazole rings is 1. The zero-order valence-electron chi connectivity index (χ0n) is 14.6. The van der Waals surface area contributed by atoms with Crippen molar-refractivity contribution in [2.75, 3.05) is 18.4 Å². The summed E-state index contributed by atoms with van der Waals surface area (Å²) >= 11 is 0. The van der Waals surface area contributed by atoms with Gasteiger partial charge >= 0.3 is 5.76 Å². The Balaban J connectivity index is 1.37. The molecule has 7 nitrogen and oxygen atoms in total. The molecule has 0 saturated carbocycles. The van der Waals surface area contributed by atoms with Gasteiger partial charge in [-0.05, 0) is 30.2 Å². The molecule has 1 aliphatic rings. The van der Waals surface area contributed by atoms with Crippen LogP contribution in [0.25, 0.3) is 11.1 Å². The average Bonchev–Trinajstić information content (AvgIpc) is 3.22. The quantitative estimate of drug-likeness (QED) is 0.724. The van der Waals surface area contributed by atoms with Gasteiger partial charge < -0.3 is 14.6 Å². The third kappa shape index (κ3) is 3.76. The van der Waals surface area contributed by atoms with Crippen LogP contribution in [0.1, 0.15) is 12.0 Å². The van der Waals surface area contributed by atoms with E-state index in [4.69, 9.17) is 4.42 Å². The van der Waals surface area contributed by atoms with Crippen molar-refractivity contribution in [2.24, 2.45) is 5.92 Å². The van der Waals surface area contributed by atoms with Crippen molar-refractivity contribution in [3.63, 3.8) is 0 Å². The molecular formula is C20H19N3O4. The third-order valence-corrected chi connectivity index (χ3v) is 4.78. The number of likely N-dealkylation sites (tertiary alicyclic amines) is 1. The van der Waals surface area contributed by atoms with E-state index in [0.717, 1.165) is 6.42 Å². The highest BCUT2D eigenvalue weighted by Gasteiger charge is 2.34. The van der Waals surface area contributed by atoms with Crippen LogP contribution in [0.15, 0.2) is 57.7 Å². The van der Waals surface area contributed by atoms with E-state index in [1.165, 1.54) is 5.56 Å². The first-order chi connectivity index (χ1) is 13.1. The van der Waals surface area contributed by atoms with Gasteiger partial charge in [-0.2, -0.15) is 0 Å². The summed E-state index contributed by atoms with van der Waals surface area (Å²) in [6.07, 6.45) is 0.983. The summed E-state index contributed by atoms with van der Waals surface area (Å²) in [7, 11) is 0. The Morgan fingerprint density at radius 1 is 1.19 bits per heavy atom. The molecule has 2 amide bonds. The summed E-state index contributed by atoms with van der Waals surface area (Å²) in [5.41, 5.74) is 2.67. The Labute approximate surface area is 155 Å². The first kappa shape index (κ1) is 17.1. The third-order valence-electron chi connectivity index (χ3n) is 4.78. The molecule has 1 atom stereocenters. The fourth-order valence-electron chi connectivity index (χ4n) is 3.35. The average molecular weight is 365 g/mol. The minimum absolute atomic E-state index is 0.000646. The van der Waals surface area contributed by atoms with Crippen LogP contribution in [0, 0.1) is 5.92 Å². The Kier molecular flexibility index (Phi) is 4.50. The number of hydrogen-bond donors (Lipinski definition) is 2. The van der Waals surface area contributed by atoms with Crippen LogP contribution in [0.5, 0.6) is 0 Å². The van der Waals surface area contributed by atoms with Crippen LogP contribution in [-0.2, 0) is 16.0 Å². The molecule has 4 rings (SSSR count). The van der Waals surface area contributed by atoms with Gasteiger partial charge in [0.15, 0.2) is 5.58 Å². The number of aromatic nitrogens is 1. The SMILES string of the molecule is O=C(Nc1ccc2oc(=O)[nH]c2c1)C1CC(=O)N(CCc2ccccc2)C1. The predicted octanol–water partition coefficient (Wildman–Crippen LogP) is 2.15. The highest BCUT2D eigenvalue weighted by atomic mass is 16.4. The fourth-order valence-corrected chi connectivity index (χ4v) is 3.35. The first-order valence-electron chi connectivity index (χ1n) is 8.84. The van der Waals surface area contributed by atoms with E-state index in [2.05, 4.69) is 10.3 Å². The number of benzene rings is 2. The summed E-state index contributed by atoms with van der Waals surface area (Å²) in [4.78, 5) is 40.3. The Bertz CT molecular complexity index is 1040. The molecule has 7 heteroatoms. The van der Waals surface area contributed by atoms with E-state index >= 15 is 0 Å². The molecule has 0 aliphatic carbocycles. The second-order valence-electron chi connectivity index (χ2n) is 6.69. The number of fused-ring (bicyclic) bond motifs is 1. The highest BCUT2D eigenvalue weighted by molar-refractivity contribution is 5.98. The van der Waals surface area contributed by atoms with Crippen molar-refractivity contribution in [1.29, 1.82) is 0 Å². The van der Waals surface area contributed by atoms with Gasteiger partial charge in [0.1, 0.15) is 0 Å². The van der Waals surface area contributed by atoms with Crippen molar-refractivity contribution in [3.8, 4) is 0 Å². The summed E-state index contributed by atoms with van der Waals surface area (Å²) in [6, 6.07) is 14.9. The number of amides is 2. The zero-order chi connectivity index (χ0) is 18.8. The van der Waals surface area contributed by atoms with E-state index in [1.807, 2.05) is 30.3 Å². The molecule has 1 aliphatic heterocycles. The maximum Gasteiger partial charge on any atom is 0.417 e. The Morgan fingerprint density at radius 3 is 2.81 bits per heavy atom. The summed E-state index contributed by atoms with van der Waals surface area (Å²) in [5, 5.41) is 2.82. The standard InChI is InChI=1S/C20H19N3O4/c24-18-10-14(12-23(18)9-8-13-4-2-1-3-5-13)19(25)21-15-6-7-17-16(11-15)22-20(26)27-17/h1-7,11,14H,8-10,12H2,(H,21,25)(H,22,26). The van der Waals surface area contributed by atoms with Gasteiger partial charge in [0.2, 0.25) is 11.8 Å². The van der Waals surface area contributed by atoms with Gasteiger partial charge in [-0.3, -0.25) is 14.6 Å².